The molecule has 2 amide bonds. The minimum absolute atomic E-state index is 0.0108. The molecule has 10 nitrogen and oxygen atoms in total. The number of hydrogen-bond acceptors (Lipinski definition) is 6. The second kappa shape index (κ2) is 12.5. The first-order valence-electron chi connectivity index (χ1n) is 14.1. The van der Waals surface area contributed by atoms with Gasteiger partial charge >= 0.3 is 18.2 Å². The van der Waals surface area contributed by atoms with Gasteiger partial charge in [0.05, 0.1) is 24.1 Å². The van der Waals surface area contributed by atoms with Gasteiger partial charge in [-0.05, 0) is 47.7 Å². The summed E-state index contributed by atoms with van der Waals surface area (Å²) in [6.07, 6.45) is -3.76. The molecule has 3 N–H and O–H groups in total. The van der Waals surface area contributed by atoms with Crippen LogP contribution in [-0.2, 0) is 27.4 Å². The van der Waals surface area contributed by atoms with E-state index in [4.69, 9.17) is 4.74 Å². The summed E-state index contributed by atoms with van der Waals surface area (Å²) in [5, 5.41) is 18.7. The Morgan fingerprint density at radius 3 is 2.49 bits per heavy atom. The number of carbonyl (C=O) groups excluding carboxylic acids is 2. The van der Waals surface area contributed by atoms with Crippen LogP contribution in [0.15, 0.2) is 73.1 Å². The molecule has 0 bridgehead atoms. The standard InChI is InChI=1S/C31H29F4N5O5/c1-2-22(20-8-10-21(32)11-9-20)26(39-29(44)45-17-18-6-4-3-5-7-18)23-16-40-25(37-23)12-19(15-36-40)13-30(28(42)43)14-24(31(33,34)35)38-27(30)41/h3-12,15-16,22,24,26H,2,13-14,17H2,1H3,(H,38,41)(H,39,44)(H,42,43)/t22-,24-,26-,30?/m0/s1. The van der Waals surface area contributed by atoms with Crippen LogP contribution in [0.4, 0.5) is 22.4 Å². The van der Waals surface area contributed by atoms with Crippen molar-refractivity contribution in [2.24, 2.45) is 5.41 Å². The number of carbonyl (C=O) groups is 3. The minimum Gasteiger partial charge on any atom is -0.480 e. The number of halogens is 4. The van der Waals surface area contributed by atoms with Crippen molar-refractivity contribution in [3.63, 3.8) is 0 Å². The highest BCUT2D eigenvalue weighted by Crippen LogP contribution is 2.40. The van der Waals surface area contributed by atoms with Crippen molar-refractivity contribution in [1.82, 2.24) is 25.2 Å². The van der Waals surface area contributed by atoms with Gasteiger partial charge in [0.2, 0.25) is 5.91 Å². The number of alkyl halides is 3. The lowest BCUT2D eigenvalue weighted by Gasteiger charge is -2.26. The Labute approximate surface area is 254 Å². The molecule has 1 aliphatic heterocycles. The lowest BCUT2D eigenvalue weighted by molar-refractivity contribution is -0.157. The quantitative estimate of drug-likeness (QED) is 0.165. The maximum Gasteiger partial charge on any atom is 0.408 e. The molecule has 0 saturated carbocycles. The van der Waals surface area contributed by atoms with E-state index in [1.807, 2.05) is 25.1 Å². The van der Waals surface area contributed by atoms with Crippen LogP contribution in [0.1, 0.15) is 54.1 Å². The second-order valence-electron chi connectivity index (χ2n) is 10.9. The molecule has 14 heteroatoms. The van der Waals surface area contributed by atoms with Gasteiger partial charge in [-0.3, -0.25) is 9.59 Å². The number of carboxylic acid groups (broad SMARTS) is 1. The van der Waals surface area contributed by atoms with Crippen molar-refractivity contribution >= 4 is 23.6 Å². The largest absolute Gasteiger partial charge is 0.480 e. The van der Waals surface area contributed by atoms with Crippen LogP contribution in [0.5, 0.6) is 0 Å². The number of imidazole rings is 1. The van der Waals surface area contributed by atoms with E-state index < -0.39 is 66.2 Å². The van der Waals surface area contributed by atoms with Crippen LogP contribution in [-0.4, -0.2) is 49.9 Å². The topological polar surface area (TPSA) is 135 Å². The van der Waals surface area contributed by atoms with Gasteiger partial charge in [0.1, 0.15) is 18.5 Å². The van der Waals surface area contributed by atoms with E-state index in [1.54, 1.807) is 35.8 Å². The van der Waals surface area contributed by atoms with Gasteiger partial charge in [-0.2, -0.15) is 18.3 Å². The van der Waals surface area contributed by atoms with Gasteiger partial charge < -0.3 is 20.5 Å². The highest BCUT2D eigenvalue weighted by Gasteiger charge is 2.59. The van der Waals surface area contributed by atoms with Crippen LogP contribution in [0.25, 0.3) is 5.65 Å². The smallest absolute Gasteiger partial charge is 0.408 e. The summed E-state index contributed by atoms with van der Waals surface area (Å²) in [6.45, 7) is 1.90. The molecule has 4 atom stereocenters. The second-order valence-corrected chi connectivity index (χ2v) is 10.9. The molecule has 4 aromatic rings. The van der Waals surface area contributed by atoms with Crippen LogP contribution in [0.3, 0.4) is 0 Å². The molecule has 3 heterocycles. The fourth-order valence-corrected chi connectivity index (χ4v) is 5.57. The van der Waals surface area contributed by atoms with Gasteiger partial charge in [-0.15, -0.1) is 0 Å². The Kier molecular flexibility index (Phi) is 8.75. The number of aliphatic carboxylic acids is 1. The zero-order valence-electron chi connectivity index (χ0n) is 23.9. The lowest BCUT2D eigenvalue weighted by Crippen LogP contribution is -2.41. The number of hydrogen-bond donors (Lipinski definition) is 3. The zero-order valence-corrected chi connectivity index (χ0v) is 23.9. The van der Waals surface area contributed by atoms with E-state index in [0.717, 1.165) is 5.56 Å². The zero-order chi connectivity index (χ0) is 32.4. The van der Waals surface area contributed by atoms with Crippen molar-refractivity contribution in [2.75, 3.05) is 0 Å². The number of ether oxygens (including phenoxy) is 1. The molecular weight excluding hydrogens is 598 g/mol. The summed E-state index contributed by atoms with van der Waals surface area (Å²) in [6, 6.07) is 13.2. The number of fused-ring (bicyclic) bond motifs is 1. The fraction of sp³-hybridized carbons (Fsp3) is 0.323. The van der Waals surface area contributed by atoms with E-state index in [2.05, 4.69) is 15.4 Å². The van der Waals surface area contributed by atoms with Crippen molar-refractivity contribution in [3.8, 4) is 0 Å². The Balaban J connectivity index is 1.45. The summed E-state index contributed by atoms with van der Waals surface area (Å²) >= 11 is 0. The van der Waals surface area contributed by atoms with Crippen LogP contribution in [0, 0.1) is 11.2 Å². The summed E-state index contributed by atoms with van der Waals surface area (Å²) in [7, 11) is 0. The van der Waals surface area contributed by atoms with E-state index in [0.29, 0.717) is 17.7 Å². The van der Waals surface area contributed by atoms with Gasteiger partial charge in [0.25, 0.3) is 0 Å². The first-order chi connectivity index (χ1) is 21.4. The average Bonchev–Trinajstić information content (AvgIpc) is 3.58. The lowest BCUT2D eigenvalue weighted by atomic mass is 9.79. The first kappa shape index (κ1) is 31.4. The number of rotatable bonds is 10. The van der Waals surface area contributed by atoms with Crippen molar-refractivity contribution in [1.29, 1.82) is 0 Å². The van der Waals surface area contributed by atoms with Gasteiger partial charge in [-0.25, -0.2) is 18.7 Å². The predicted octanol–water partition coefficient (Wildman–Crippen LogP) is 5.09. The maximum atomic E-state index is 13.7. The van der Waals surface area contributed by atoms with Gasteiger partial charge in [0, 0.05) is 12.3 Å². The van der Waals surface area contributed by atoms with Crippen LogP contribution >= 0.6 is 0 Å². The van der Waals surface area contributed by atoms with Crippen molar-refractivity contribution in [3.05, 3.63) is 101 Å². The molecule has 2 aromatic carbocycles. The van der Waals surface area contributed by atoms with Crippen LogP contribution in [0.2, 0.25) is 0 Å². The van der Waals surface area contributed by atoms with Crippen molar-refractivity contribution < 1.29 is 41.8 Å². The number of nitrogens with one attached hydrogen (secondary N) is 2. The normalized spacial score (nSPS) is 19.6. The summed E-state index contributed by atoms with van der Waals surface area (Å²) in [4.78, 5) is 42.3. The maximum absolute atomic E-state index is 13.7. The number of carboxylic acids is 1. The van der Waals surface area contributed by atoms with E-state index >= 15 is 0 Å². The molecule has 1 aliphatic rings. The third-order valence-electron chi connectivity index (χ3n) is 7.94. The number of aromatic nitrogens is 3. The fourth-order valence-electron chi connectivity index (χ4n) is 5.57. The number of amides is 2. The Morgan fingerprint density at radius 1 is 1.16 bits per heavy atom. The van der Waals surface area contributed by atoms with Gasteiger partial charge in [-0.1, -0.05) is 49.4 Å². The third-order valence-corrected chi connectivity index (χ3v) is 7.94. The Morgan fingerprint density at radius 2 is 1.87 bits per heavy atom. The Hall–Kier alpha value is -5.01. The molecular formula is C31H29F4N5O5. The van der Waals surface area contributed by atoms with E-state index in [1.165, 1.54) is 28.9 Å². The monoisotopic (exact) mass is 627 g/mol. The highest BCUT2D eigenvalue weighted by atomic mass is 19.4. The first-order valence-corrected chi connectivity index (χ1v) is 14.1. The molecule has 1 unspecified atom stereocenters. The van der Waals surface area contributed by atoms with E-state index in [9.17, 15) is 37.1 Å². The number of alkyl carbamates (subject to hydrolysis) is 1. The molecule has 0 radical (unpaired) electrons. The summed E-state index contributed by atoms with van der Waals surface area (Å²) in [5.74, 6) is -3.74. The minimum atomic E-state index is -4.81. The Bertz CT molecular complexity index is 1700. The van der Waals surface area contributed by atoms with Crippen molar-refractivity contribution in [2.45, 2.75) is 57.0 Å². The van der Waals surface area contributed by atoms with E-state index in [-0.39, 0.29) is 17.8 Å². The summed E-state index contributed by atoms with van der Waals surface area (Å²) in [5.41, 5.74) is -0.137. The molecule has 1 saturated heterocycles. The number of benzene rings is 2. The average molecular weight is 628 g/mol. The molecule has 1 fully saturated rings. The van der Waals surface area contributed by atoms with Gasteiger partial charge in [0.15, 0.2) is 11.1 Å². The molecule has 0 aliphatic carbocycles. The highest BCUT2D eigenvalue weighted by molar-refractivity contribution is 6.04. The molecule has 2 aromatic heterocycles. The van der Waals surface area contributed by atoms with Crippen LogP contribution < -0.4 is 10.6 Å². The summed E-state index contributed by atoms with van der Waals surface area (Å²) < 4.78 is 60.5. The predicted molar refractivity (Wildman–Crippen MR) is 151 cm³/mol. The number of nitrogens with zero attached hydrogens (tertiary/aromatic N) is 3. The SMILES string of the molecule is CC[C@@H](c1ccc(F)cc1)[C@H](NC(=O)OCc1ccccc1)c1cn2ncc(CC3(C(=O)O)C[C@@H](C(F)(F)F)NC3=O)cc2n1. The molecule has 45 heavy (non-hydrogen) atoms. The molecule has 5 rings (SSSR count). The molecule has 236 valence electrons. The molecule has 0 spiro atoms. The third kappa shape index (κ3) is 6.74.